The number of hydrogen-bond acceptors (Lipinski definition) is 2. The lowest BCUT2D eigenvalue weighted by Gasteiger charge is -2.20. The Labute approximate surface area is 89.4 Å². The number of nitrogens with one attached hydrogen (secondary N) is 1. The molecule has 0 amide bonds. The Kier molecular flexibility index (Phi) is 9.42. The standard InChI is InChI=1S/C12H27NO/c1-5-7-11(3)9-12(13-4)10-14-8-6-2/h11-13H,5-10H2,1-4H3. The van der Waals surface area contributed by atoms with Crippen LogP contribution in [-0.4, -0.2) is 26.3 Å². The van der Waals surface area contributed by atoms with E-state index in [2.05, 4.69) is 26.1 Å². The Balaban J connectivity index is 3.55. The van der Waals surface area contributed by atoms with Crippen LogP contribution in [0.15, 0.2) is 0 Å². The van der Waals surface area contributed by atoms with E-state index in [9.17, 15) is 0 Å². The molecule has 2 nitrogen and oxygen atoms in total. The molecule has 0 bridgehead atoms. The summed E-state index contributed by atoms with van der Waals surface area (Å²) in [6, 6.07) is 0.531. The third-order valence-corrected chi connectivity index (χ3v) is 2.54. The van der Waals surface area contributed by atoms with Gasteiger partial charge >= 0.3 is 0 Å². The Morgan fingerprint density at radius 2 is 1.93 bits per heavy atom. The van der Waals surface area contributed by atoms with Crippen molar-refractivity contribution in [3.05, 3.63) is 0 Å². The molecule has 0 saturated carbocycles. The molecule has 14 heavy (non-hydrogen) atoms. The van der Waals surface area contributed by atoms with Crippen molar-refractivity contribution in [3.63, 3.8) is 0 Å². The van der Waals surface area contributed by atoms with Crippen LogP contribution in [0.2, 0.25) is 0 Å². The number of ether oxygens (including phenoxy) is 1. The number of rotatable bonds is 9. The second-order valence-electron chi connectivity index (χ2n) is 4.19. The van der Waals surface area contributed by atoms with E-state index >= 15 is 0 Å². The Bertz CT molecular complexity index is 117. The lowest BCUT2D eigenvalue weighted by molar-refractivity contribution is 0.106. The van der Waals surface area contributed by atoms with Crippen LogP contribution in [0.25, 0.3) is 0 Å². The maximum Gasteiger partial charge on any atom is 0.0619 e. The number of likely N-dealkylation sites (N-methyl/N-ethyl adjacent to an activating group) is 1. The summed E-state index contributed by atoms with van der Waals surface area (Å²) in [5.74, 6) is 0.808. The van der Waals surface area contributed by atoms with Crippen LogP contribution >= 0.6 is 0 Å². The lowest BCUT2D eigenvalue weighted by atomic mass is 9.98. The predicted molar refractivity (Wildman–Crippen MR) is 62.6 cm³/mol. The smallest absolute Gasteiger partial charge is 0.0619 e. The quantitative estimate of drug-likeness (QED) is 0.579. The van der Waals surface area contributed by atoms with Crippen molar-refractivity contribution in [2.75, 3.05) is 20.3 Å². The van der Waals surface area contributed by atoms with E-state index in [4.69, 9.17) is 4.74 Å². The van der Waals surface area contributed by atoms with Crippen LogP contribution in [-0.2, 0) is 4.74 Å². The summed E-state index contributed by atoms with van der Waals surface area (Å²) in [4.78, 5) is 0. The first-order valence-electron chi connectivity index (χ1n) is 5.99. The van der Waals surface area contributed by atoms with E-state index in [1.54, 1.807) is 0 Å². The maximum absolute atomic E-state index is 5.55. The molecule has 0 aromatic carbocycles. The molecule has 2 atom stereocenters. The lowest BCUT2D eigenvalue weighted by Crippen LogP contribution is -2.32. The molecule has 2 heteroatoms. The van der Waals surface area contributed by atoms with Gasteiger partial charge in [-0.25, -0.2) is 0 Å². The monoisotopic (exact) mass is 201 g/mol. The summed E-state index contributed by atoms with van der Waals surface area (Å²) in [5, 5.41) is 3.33. The Hall–Kier alpha value is -0.0800. The van der Waals surface area contributed by atoms with Crippen molar-refractivity contribution in [3.8, 4) is 0 Å². The van der Waals surface area contributed by atoms with Crippen LogP contribution in [0.5, 0.6) is 0 Å². The van der Waals surface area contributed by atoms with E-state index in [-0.39, 0.29) is 0 Å². The minimum atomic E-state index is 0.531. The van der Waals surface area contributed by atoms with Gasteiger partial charge in [0, 0.05) is 12.6 Å². The van der Waals surface area contributed by atoms with Crippen molar-refractivity contribution < 1.29 is 4.74 Å². The maximum atomic E-state index is 5.55. The molecule has 0 rings (SSSR count). The van der Waals surface area contributed by atoms with Crippen LogP contribution in [0.1, 0.15) is 46.5 Å². The molecule has 0 fully saturated rings. The van der Waals surface area contributed by atoms with Crippen molar-refractivity contribution in [2.45, 2.75) is 52.5 Å². The van der Waals surface area contributed by atoms with Gasteiger partial charge in [-0.15, -0.1) is 0 Å². The van der Waals surface area contributed by atoms with Gasteiger partial charge in [0.1, 0.15) is 0 Å². The fourth-order valence-electron chi connectivity index (χ4n) is 1.74. The molecule has 86 valence electrons. The van der Waals surface area contributed by atoms with Crippen molar-refractivity contribution in [1.82, 2.24) is 5.32 Å². The van der Waals surface area contributed by atoms with Crippen LogP contribution in [0.3, 0.4) is 0 Å². The SMILES string of the molecule is CCCOCC(CC(C)CCC)NC. The fourth-order valence-corrected chi connectivity index (χ4v) is 1.74. The average Bonchev–Trinajstić information content (AvgIpc) is 2.17. The molecular formula is C12H27NO. The minimum absolute atomic E-state index is 0.531. The van der Waals surface area contributed by atoms with Crippen molar-refractivity contribution >= 4 is 0 Å². The minimum Gasteiger partial charge on any atom is -0.380 e. The highest BCUT2D eigenvalue weighted by Gasteiger charge is 2.10. The first-order chi connectivity index (χ1) is 6.74. The van der Waals surface area contributed by atoms with Crippen LogP contribution in [0.4, 0.5) is 0 Å². The molecule has 0 aromatic heterocycles. The molecule has 0 heterocycles. The highest BCUT2D eigenvalue weighted by molar-refractivity contribution is 4.67. The molecule has 1 N–H and O–H groups in total. The summed E-state index contributed by atoms with van der Waals surface area (Å²) in [6.07, 6.45) is 4.95. The van der Waals surface area contributed by atoms with Crippen LogP contribution < -0.4 is 5.32 Å². The highest BCUT2D eigenvalue weighted by atomic mass is 16.5. The molecule has 0 radical (unpaired) electrons. The van der Waals surface area contributed by atoms with Gasteiger partial charge in [-0.05, 0) is 25.8 Å². The van der Waals surface area contributed by atoms with Gasteiger partial charge in [0.15, 0.2) is 0 Å². The molecular weight excluding hydrogens is 174 g/mol. The molecule has 0 saturated heterocycles. The Morgan fingerprint density at radius 3 is 2.43 bits per heavy atom. The zero-order chi connectivity index (χ0) is 10.8. The van der Waals surface area contributed by atoms with E-state index in [1.807, 2.05) is 7.05 Å². The predicted octanol–water partition coefficient (Wildman–Crippen LogP) is 2.83. The average molecular weight is 201 g/mol. The van der Waals surface area contributed by atoms with Gasteiger partial charge in [-0.1, -0.05) is 33.6 Å². The van der Waals surface area contributed by atoms with Gasteiger partial charge in [-0.3, -0.25) is 0 Å². The third-order valence-electron chi connectivity index (χ3n) is 2.54. The second kappa shape index (κ2) is 9.47. The molecule has 0 aliphatic heterocycles. The van der Waals surface area contributed by atoms with E-state index in [0.29, 0.717) is 6.04 Å². The van der Waals surface area contributed by atoms with Gasteiger partial charge in [0.25, 0.3) is 0 Å². The first kappa shape index (κ1) is 13.9. The summed E-state index contributed by atoms with van der Waals surface area (Å²) < 4.78 is 5.55. The van der Waals surface area contributed by atoms with Crippen molar-refractivity contribution in [1.29, 1.82) is 0 Å². The normalized spacial score (nSPS) is 15.4. The molecule has 0 aliphatic rings. The Morgan fingerprint density at radius 1 is 1.21 bits per heavy atom. The fraction of sp³-hybridized carbons (Fsp3) is 1.00. The molecule has 0 aromatic rings. The van der Waals surface area contributed by atoms with Crippen molar-refractivity contribution in [2.24, 2.45) is 5.92 Å². The largest absolute Gasteiger partial charge is 0.380 e. The van der Waals surface area contributed by atoms with Crippen LogP contribution in [0, 0.1) is 5.92 Å². The third kappa shape index (κ3) is 7.34. The summed E-state index contributed by atoms with van der Waals surface area (Å²) in [5.41, 5.74) is 0. The first-order valence-corrected chi connectivity index (χ1v) is 5.99. The zero-order valence-electron chi connectivity index (χ0n) is 10.3. The summed E-state index contributed by atoms with van der Waals surface area (Å²) >= 11 is 0. The second-order valence-corrected chi connectivity index (χ2v) is 4.19. The highest BCUT2D eigenvalue weighted by Crippen LogP contribution is 2.12. The summed E-state index contributed by atoms with van der Waals surface area (Å²) in [7, 11) is 2.03. The zero-order valence-corrected chi connectivity index (χ0v) is 10.3. The van der Waals surface area contributed by atoms with E-state index in [1.165, 1.54) is 19.3 Å². The molecule has 0 spiro atoms. The van der Waals surface area contributed by atoms with E-state index < -0.39 is 0 Å². The van der Waals surface area contributed by atoms with Gasteiger partial charge in [0.2, 0.25) is 0 Å². The van der Waals surface area contributed by atoms with E-state index in [0.717, 1.165) is 25.6 Å². The molecule has 2 unspecified atom stereocenters. The summed E-state index contributed by atoms with van der Waals surface area (Å²) in [6.45, 7) is 8.47. The van der Waals surface area contributed by atoms with Gasteiger partial charge < -0.3 is 10.1 Å². The van der Waals surface area contributed by atoms with Gasteiger partial charge in [0.05, 0.1) is 6.61 Å². The molecule has 0 aliphatic carbocycles. The number of hydrogen-bond donors (Lipinski definition) is 1. The van der Waals surface area contributed by atoms with Gasteiger partial charge in [-0.2, -0.15) is 0 Å². The topological polar surface area (TPSA) is 21.3 Å².